The Labute approximate surface area is 135 Å². The largest absolute Gasteiger partial charge is 0.493 e. The molecule has 5 nitrogen and oxygen atoms in total. The Morgan fingerprint density at radius 3 is 2.13 bits per heavy atom. The summed E-state index contributed by atoms with van der Waals surface area (Å²) in [7, 11) is 3.16. The van der Waals surface area contributed by atoms with E-state index in [4.69, 9.17) is 18.9 Å². The van der Waals surface area contributed by atoms with E-state index >= 15 is 0 Å². The van der Waals surface area contributed by atoms with Crippen LogP contribution in [0.1, 0.15) is 29.1 Å². The van der Waals surface area contributed by atoms with Gasteiger partial charge in [-0.15, -0.1) is 0 Å². The smallest absolute Gasteiger partial charge is 0.184 e. The van der Waals surface area contributed by atoms with Gasteiger partial charge in [0, 0.05) is 5.56 Å². The van der Waals surface area contributed by atoms with Crippen LogP contribution in [0.3, 0.4) is 0 Å². The maximum absolute atomic E-state index is 10.6. The van der Waals surface area contributed by atoms with Crippen molar-refractivity contribution in [3.63, 3.8) is 0 Å². The molecule has 122 valence electrons. The summed E-state index contributed by atoms with van der Waals surface area (Å²) in [6.45, 7) is 1.22. The molecule has 1 saturated heterocycles. The monoisotopic (exact) mass is 316 g/mol. The van der Waals surface area contributed by atoms with Gasteiger partial charge < -0.3 is 24.1 Å². The molecule has 1 N–H and O–H groups in total. The predicted octanol–water partition coefficient (Wildman–Crippen LogP) is 2.83. The Morgan fingerprint density at radius 2 is 1.52 bits per heavy atom. The van der Waals surface area contributed by atoms with Gasteiger partial charge in [0.15, 0.2) is 17.8 Å². The summed E-state index contributed by atoms with van der Waals surface area (Å²) in [5, 5.41) is 10.6. The zero-order valence-corrected chi connectivity index (χ0v) is 13.2. The van der Waals surface area contributed by atoms with Gasteiger partial charge in [-0.2, -0.15) is 0 Å². The highest BCUT2D eigenvalue weighted by Crippen LogP contribution is 2.33. The minimum Gasteiger partial charge on any atom is -0.493 e. The molecule has 2 aromatic rings. The SMILES string of the molecule is COc1ccc(C(O)c2ccc(C3OCCO3)cc2)cc1OC. The molecule has 23 heavy (non-hydrogen) atoms. The van der Waals surface area contributed by atoms with Crippen LogP contribution >= 0.6 is 0 Å². The maximum Gasteiger partial charge on any atom is 0.184 e. The second kappa shape index (κ2) is 7.00. The van der Waals surface area contributed by atoms with Crippen molar-refractivity contribution >= 4 is 0 Å². The first kappa shape index (κ1) is 15.8. The second-order valence-electron chi connectivity index (χ2n) is 5.26. The topological polar surface area (TPSA) is 57.2 Å². The fourth-order valence-electron chi connectivity index (χ4n) is 2.60. The average Bonchev–Trinajstić information content (AvgIpc) is 3.15. The maximum atomic E-state index is 10.6. The Hall–Kier alpha value is -2.08. The third-order valence-electron chi connectivity index (χ3n) is 3.87. The Morgan fingerprint density at radius 1 is 0.913 bits per heavy atom. The number of methoxy groups -OCH3 is 2. The zero-order valence-electron chi connectivity index (χ0n) is 13.2. The highest BCUT2D eigenvalue weighted by atomic mass is 16.7. The first-order chi connectivity index (χ1) is 11.2. The van der Waals surface area contributed by atoms with Gasteiger partial charge in [0.2, 0.25) is 0 Å². The van der Waals surface area contributed by atoms with E-state index in [-0.39, 0.29) is 6.29 Å². The lowest BCUT2D eigenvalue weighted by Crippen LogP contribution is -2.03. The molecular weight excluding hydrogens is 296 g/mol. The van der Waals surface area contributed by atoms with Crippen LogP contribution in [0.2, 0.25) is 0 Å². The molecule has 1 heterocycles. The van der Waals surface area contributed by atoms with Crippen molar-refractivity contribution in [1.29, 1.82) is 0 Å². The molecule has 5 heteroatoms. The van der Waals surface area contributed by atoms with E-state index < -0.39 is 6.10 Å². The fraction of sp³-hybridized carbons (Fsp3) is 0.333. The molecule has 3 rings (SSSR count). The van der Waals surface area contributed by atoms with Crippen LogP contribution in [0, 0.1) is 0 Å². The molecule has 0 aliphatic carbocycles. The molecule has 1 fully saturated rings. The number of ether oxygens (including phenoxy) is 4. The van der Waals surface area contributed by atoms with Crippen LogP contribution in [0.4, 0.5) is 0 Å². The minimum atomic E-state index is -0.741. The van der Waals surface area contributed by atoms with Gasteiger partial charge >= 0.3 is 0 Å². The van der Waals surface area contributed by atoms with E-state index in [1.165, 1.54) is 0 Å². The summed E-state index contributed by atoms with van der Waals surface area (Å²) >= 11 is 0. The molecule has 0 aromatic heterocycles. The lowest BCUT2D eigenvalue weighted by atomic mass is 10.00. The first-order valence-electron chi connectivity index (χ1n) is 7.46. The number of aliphatic hydroxyl groups excluding tert-OH is 1. The van der Waals surface area contributed by atoms with Crippen molar-refractivity contribution in [3.8, 4) is 11.5 Å². The molecule has 1 aliphatic rings. The third kappa shape index (κ3) is 3.32. The van der Waals surface area contributed by atoms with Crippen LogP contribution < -0.4 is 9.47 Å². The molecular formula is C18H20O5. The highest BCUT2D eigenvalue weighted by molar-refractivity contribution is 5.45. The molecule has 1 atom stereocenters. The molecule has 1 unspecified atom stereocenters. The summed E-state index contributed by atoms with van der Waals surface area (Å²) in [4.78, 5) is 0. The van der Waals surface area contributed by atoms with Crippen molar-refractivity contribution in [1.82, 2.24) is 0 Å². The number of hydrogen-bond donors (Lipinski definition) is 1. The standard InChI is InChI=1S/C18H20O5/c1-20-15-8-7-14(11-16(15)21-2)17(19)12-3-5-13(6-4-12)18-22-9-10-23-18/h3-8,11,17-19H,9-10H2,1-2H3. The van der Waals surface area contributed by atoms with Crippen molar-refractivity contribution < 1.29 is 24.1 Å². The fourth-order valence-corrected chi connectivity index (χ4v) is 2.60. The molecule has 1 aliphatic heterocycles. The number of benzene rings is 2. The Bertz CT molecular complexity index is 647. The number of hydrogen-bond acceptors (Lipinski definition) is 5. The molecule has 0 saturated carbocycles. The molecule has 0 bridgehead atoms. The van der Waals surface area contributed by atoms with Crippen molar-refractivity contribution in [2.45, 2.75) is 12.4 Å². The quantitative estimate of drug-likeness (QED) is 0.919. The second-order valence-corrected chi connectivity index (χ2v) is 5.26. The molecule has 2 aromatic carbocycles. The van der Waals surface area contributed by atoms with Crippen LogP contribution in [-0.4, -0.2) is 32.5 Å². The summed E-state index contributed by atoms with van der Waals surface area (Å²) < 4.78 is 21.4. The zero-order chi connectivity index (χ0) is 16.2. The lowest BCUT2D eigenvalue weighted by molar-refractivity contribution is -0.0441. The average molecular weight is 316 g/mol. The van der Waals surface area contributed by atoms with Crippen molar-refractivity contribution in [3.05, 3.63) is 59.2 Å². The van der Waals surface area contributed by atoms with Gasteiger partial charge in [-0.25, -0.2) is 0 Å². The minimum absolute atomic E-state index is 0.303. The van der Waals surface area contributed by atoms with Crippen LogP contribution in [0.25, 0.3) is 0 Å². The van der Waals surface area contributed by atoms with Gasteiger partial charge in [0.1, 0.15) is 6.10 Å². The van der Waals surface area contributed by atoms with E-state index in [9.17, 15) is 5.11 Å². The van der Waals surface area contributed by atoms with Gasteiger partial charge in [0.05, 0.1) is 27.4 Å². The summed E-state index contributed by atoms with van der Waals surface area (Å²) in [6, 6.07) is 13.0. The highest BCUT2D eigenvalue weighted by Gasteiger charge is 2.19. The van der Waals surface area contributed by atoms with Gasteiger partial charge in [-0.3, -0.25) is 0 Å². The Kier molecular flexibility index (Phi) is 4.81. The van der Waals surface area contributed by atoms with E-state index in [1.807, 2.05) is 30.3 Å². The van der Waals surface area contributed by atoms with Crippen LogP contribution in [0.15, 0.2) is 42.5 Å². The summed E-state index contributed by atoms with van der Waals surface area (Å²) in [5.41, 5.74) is 2.48. The Balaban J connectivity index is 1.80. The van der Waals surface area contributed by atoms with Gasteiger partial charge in [-0.1, -0.05) is 30.3 Å². The predicted molar refractivity (Wildman–Crippen MR) is 84.7 cm³/mol. The molecule has 0 amide bonds. The van der Waals surface area contributed by atoms with Gasteiger partial charge in [0.25, 0.3) is 0 Å². The summed E-state index contributed by atoms with van der Waals surface area (Å²) in [6.07, 6.45) is -1.04. The first-order valence-corrected chi connectivity index (χ1v) is 7.46. The normalized spacial score (nSPS) is 16.3. The molecule has 0 radical (unpaired) electrons. The van der Waals surface area contributed by atoms with E-state index in [1.54, 1.807) is 26.4 Å². The third-order valence-corrected chi connectivity index (χ3v) is 3.87. The van der Waals surface area contributed by atoms with Crippen molar-refractivity contribution in [2.75, 3.05) is 27.4 Å². The van der Waals surface area contributed by atoms with E-state index in [0.29, 0.717) is 24.7 Å². The molecule has 0 spiro atoms. The van der Waals surface area contributed by atoms with Crippen LogP contribution in [0.5, 0.6) is 11.5 Å². The number of aliphatic hydroxyl groups is 1. The van der Waals surface area contributed by atoms with E-state index in [0.717, 1.165) is 16.7 Å². The summed E-state index contributed by atoms with van der Waals surface area (Å²) in [5.74, 6) is 1.22. The van der Waals surface area contributed by atoms with Crippen LogP contribution in [-0.2, 0) is 9.47 Å². The lowest BCUT2D eigenvalue weighted by Gasteiger charge is -2.16. The van der Waals surface area contributed by atoms with E-state index in [2.05, 4.69) is 0 Å². The number of rotatable bonds is 5. The van der Waals surface area contributed by atoms with Gasteiger partial charge in [-0.05, 0) is 23.3 Å². The van der Waals surface area contributed by atoms with Crippen molar-refractivity contribution in [2.24, 2.45) is 0 Å².